The first kappa shape index (κ1) is 36.9. The van der Waals surface area contributed by atoms with E-state index in [1.807, 2.05) is 6.07 Å². The highest BCUT2D eigenvalue weighted by molar-refractivity contribution is 6.13. The third-order valence-electron chi connectivity index (χ3n) is 15.5. The largest absolute Gasteiger partial charge is 0.456 e. The summed E-state index contributed by atoms with van der Waals surface area (Å²) >= 11 is 0. The predicted octanol–water partition coefficient (Wildman–Crippen LogP) is 17.3. The van der Waals surface area contributed by atoms with E-state index < -0.39 is 5.41 Å². The van der Waals surface area contributed by atoms with Crippen LogP contribution in [0.4, 0.5) is 17.1 Å². The Bertz CT molecular complexity index is 4110. The van der Waals surface area contributed by atoms with Crippen LogP contribution in [-0.2, 0) is 10.8 Å². The molecule has 1 atom stereocenters. The van der Waals surface area contributed by atoms with Crippen molar-refractivity contribution in [2.45, 2.75) is 24.7 Å². The smallest absolute Gasteiger partial charge is 0.143 e. The Labute approximate surface area is 387 Å². The zero-order chi connectivity index (χ0) is 44.2. The summed E-state index contributed by atoms with van der Waals surface area (Å²) in [5.74, 6) is 0. The van der Waals surface area contributed by atoms with Gasteiger partial charge in [0, 0.05) is 55.7 Å². The van der Waals surface area contributed by atoms with E-state index in [4.69, 9.17) is 8.83 Å². The minimum atomic E-state index is -0.712. The highest BCUT2D eigenvalue weighted by atomic mass is 16.3. The van der Waals surface area contributed by atoms with Crippen LogP contribution in [0.5, 0.6) is 0 Å². The maximum absolute atomic E-state index is 6.95. The van der Waals surface area contributed by atoms with Gasteiger partial charge in [-0.3, -0.25) is 0 Å². The highest BCUT2D eigenvalue weighted by Crippen LogP contribution is 2.63. The van der Waals surface area contributed by atoms with E-state index >= 15 is 0 Å². The van der Waals surface area contributed by atoms with Gasteiger partial charge in [0.15, 0.2) is 0 Å². The van der Waals surface area contributed by atoms with Crippen LogP contribution in [0.2, 0.25) is 0 Å². The van der Waals surface area contributed by atoms with Crippen molar-refractivity contribution in [1.29, 1.82) is 0 Å². The molecule has 67 heavy (non-hydrogen) atoms. The minimum absolute atomic E-state index is 0.180. The SMILES string of the molecule is CC1(C)c2ccccc2-c2ccc(N(c3ccc4c(c3)C3(c5ccccc5-c5ccccc5-4)c4ccccc4-c4c3ccc3c4oc4ccccc43)c3ccc4c(c3)oc3ccccc34)cc21. The van der Waals surface area contributed by atoms with Gasteiger partial charge in [0.05, 0.1) is 5.41 Å². The Morgan fingerprint density at radius 1 is 0.313 bits per heavy atom. The molecule has 0 fully saturated rings. The minimum Gasteiger partial charge on any atom is -0.456 e. The molecule has 0 saturated heterocycles. The zero-order valence-electron chi connectivity index (χ0n) is 37.0. The number of fused-ring (bicyclic) bond motifs is 22. The number of hydrogen-bond donors (Lipinski definition) is 0. The molecule has 0 bridgehead atoms. The molecule has 3 heteroatoms. The van der Waals surface area contributed by atoms with Crippen LogP contribution < -0.4 is 4.90 Å². The van der Waals surface area contributed by atoms with Crippen molar-refractivity contribution in [2.24, 2.45) is 0 Å². The van der Waals surface area contributed by atoms with Gasteiger partial charge in [0.1, 0.15) is 22.3 Å². The fraction of sp³-hybridized carbons (Fsp3) is 0.0625. The Hall–Kier alpha value is -8.40. The van der Waals surface area contributed by atoms with E-state index in [9.17, 15) is 0 Å². The molecular weight excluding hydrogens is 815 g/mol. The van der Waals surface area contributed by atoms with E-state index in [0.717, 1.165) is 66.5 Å². The van der Waals surface area contributed by atoms with Gasteiger partial charge in [0.25, 0.3) is 0 Å². The molecule has 3 nitrogen and oxygen atoms in total. The lowest BCUT2D eigenvalue weighted by atomic mass is 9.65. The number of rotatable bonds is 3. The second-order valence-electron chi connectivity index (χ2n) is 19.1. The third-order valence-corrected chi connectivity index (χ3v) is 15.5. The molecule has 314 valence electrons. The fourth-order valence-electron chi connectivity index (χ4n) is 12.6. The van der Waals surface area contributed by atoms with E-state index in [0.29, 0.717) is 0 Å². The molecule has 1 unspecified atom stereocenters. The van der Waals surface area contributed by atoms with Crippen LogP contribution in [0.25, 0.3) is 88.4 Å². The van der Waals surface area contributed by atoms with Crippen molar-refractivity contribution in [2.75, 3.05) is 4.90 Å². The first-order valence-electron chi connectivity index (χ1n) is 23.3. The molecule has 10 aromatic carbocycles. The zero-order valence-corrected chi connectivity index (χ0v) is 37.0. The molecule has 2 aromatic heterocycles. The number of anilines is 3. The first-order valence-corrected chi connectivity index (χ1v) is 23.3. The van der Waals surface area contributed by atoms with Gasteiger partial charge in [-0.25, -0.2) is 0 Å². The molecule has 15 rings (SSSR count). The molecule has 3 aliphatic rings. The molecule has 2 heterocycles. The van der Waals surface area contributed by atoms with E-state index in [-0.39, 0.29) is 5.41 Å². The lowest BCUT2D eigenvalue weighted by Gasteiger charge is -2.36. The van der Waals surface area contributed by atoms with E-state index in [1.54, 1.807) is 0 Å². The average Bonchev–Trinajstić information content (AvgIpc) is 4.07. The van der Waals surface area contributed by atoms with Crippen LogP contribution in [-0.4, -0.2) is 0 Å². The summed E-state index contributed by atoms with van der Waals surface area (Å²) in [7, 11) is 0. The van der Waals surface area contributed by atoms with E-state index in [1.165, 1.54) is 72.3 Å². The van der Waals surface area contributed by atoms with Crippen LogP contribution in [0.15, 0.2) is 221 Å². The first-order chi connectivity index (χ1) is 33.0. The summed E-state index contributed by atoms with van der Waals surface area (Å²) in [5, 5.41) is 4.49. The summed E-state index contributed by atoms with van der Waals surface area (Å²) in [6.07, 6.45) is 0. The average molecular weight is 856 g/mol. The maximum atomic E-state index is 6.95. The summed E-state index contributed by atoms with van der Waals surface area (Å²) in [5.41, 5.74) is 23.4. The molecule has 0 aliphatic heterocycles. The topological polar surface area (TPSA) is 29.5 Å². The molecule has 0 saturated carbocycles. The Balaban J connectivity index is 1.06. The molecule has 1 spiro atoms. The summed E-state index contributed by atoms with van der Waals surface area (Å²) in [6.45, 7) is 4.72. The molecule has 3 aliphatic carbocycles. The lowest BCUT2D eigenvalue weighted by molar-refractivity contribution is 0.660. The van der Waals surface area contributed by atoms with Crippen molar-refractivity contribution in [3.63, 3.8) is 0 Å². The number of benzene rings is 10. The van der Waals surface area contributed by atoms with Crippen LogP contribution in [0.3, 0.4) is 0 Å². The Morgan fingerprint density at radius 2 is 0.776 bits per heavy atom. The van der Waals surface area contributed by atoms with Crippen molar-refractivity contribution in [3.05, 3.63) is 246 Å². The van der Waals surface area contributed by atoms with Gasteiger partial charge in [-0.2, -0.15) is 0 Å². The van der Waals surface area contributed by atoms with Crippen molar-refractivity contribution in [3.8, 4) is 44.5 Å². The predicted molar refractivity (Wildman–Crippen MR) is 275 cm³/mol. The van der Waals surface area contributed by atoms with Crippen LogP contribution in [0.1, 0.15) is 47.2 Å². The monoisotopic (exact) mass is 855 g/mol. The van der Waals surface area contributed by atoms with Gasteiger partial charge in [-0.05, 0) is 121 Å². The Morgan fingerprint density at radius 3 is 1.49 bits per heavy atom. The quantitative estimate of drug-likeness (QED) is 0.177. The molecule has 12 aromatic rings. The number of hydrogen-bond acceptors (Lipinski definition) is 3. The summed E-state index contributed by atoms with van der Waals surface area (Å²) in [6, 6.07) is 78.5. The van der Waals surface area contributed by atoms with Gasteiger partial charge in [-0.1, -0.05) is 172 Å². The third kappa shape index (κ3) is 4.75. The fourth-order valence-corrected chi connectivity index (χ4v) is 12.6. The number of furan rings is 2. The van der Waals surface area contributed by atoms with Crippen molar-refractivity contribution >= 4 is 60.9 Å². The second-order valence-corrected chi connectivity index (χ2v) is 19.1. The summed E-state index contributed by atoms with van der Waals surface area (Å²) < 4.78 is 13.6. The number of nitrogens with zero attached hydrogens (tertiary/aromatic N) is 1. The second kappa shape index (κ2) is 13.1. The molecular formula is C64H41NO2. The van der Waals surface area contributed by atoms with Crippen molar-refractivity contribution < 1.29 is 8.83 Å². The van der Waals surface area contributed by atoms with Gasteiger partial charge in [-0.15, -0.1) is 0 Å². The van der Waals surface area contributed by atoms with Crippen LogP contribution >= 0.6 is 0 Å². The normalized spacial score (nSPS) is 15.8. The number of para-hydroxylation sites is 2. The van der Waals surface area contributed by atoms with E-state index in [2.05, 4.69) is 225 Å². The summed E-state index contributed by atoms with van der Waals surface area (Å²) in [4.78, 5) is 2.45. The standard InChI is InChI=1S/C64H41NO2/c1-63(2)52-22-10-5-18-44(52)46-31-28-38(35-56(46)63)65(40-29-32-49-47-19-8-13-25-58(47)66-60(49)37-40)39-27-30-45-42-16-4-3-15-41(42)43-17-6-11-23-53(43)64(57(45)36-39)54-24-12-7-21-51(54)61-55(64)34-33-50-48-20-9-14-26-59(48)67-62(50)61/h3-37H,1-2H3. The van der Waals surface area contributed by atoms with Crippen LogP contribution in [0, 0.1) is 0 Å². The molecule has 0 amide bonds. The lowest BCUT2D eigenvalue weighted by Crippen LogP contribution is -2.29. The molecule has 0 radical (unpaired) electrons. The van der Waals surface area contributed by atoms with Crippen molar-refractivity contribution in [1.82, 2.24) is 0 Å². The van der Waals surface area contributed by atoms with Gasteiger partial charge < -0.3 is 13.7 Å². The van der Waals surface area contributed by atoms with Gasteiger partial charge in [0.2, 0.25) is 0 Å². The van der Waals surface area contributed by atoms with Gasteiger partial charge >= 0.3 is 0 Å². The molecule has 0 N–H and O–H groups in total. The Kier molecular flexibility index (Phi) is 7.22. The maximum Gasteiger partial charge on any atom is 0.143 e. The highest BCUT2D eigenvalue weighted by Gasteiger charge is 2.51.